The summed E-state index contributed by atoms with van der Waals surface area (Å²) in [6.45, 7) is -0.399. The number of phenolic OH excluding ortho intramolecular Hbond substituents is 1. The molecule has 2 nitrogen and oxygen atoms in total. The van der Waals surface area contributed by atoms with Gasteiger partial charge in [0.15, 0.2) is 0 Å². The van der Waals surface area contributed by atoms with E-state index in [1.54, 1.807) is 18.2 Å². The molecular formula is C13H11F3O2S. The van der Waals surface area contributed by atoms with Gasteiger partial charge in [0.2, 0.25) is 0 Å². The highest BCUT2D eigenvalue weighted by Gasteiger charge is 2.28. The van der Waals surface area contributed by atoms with Crippen molar-refractivity contribution < 1.29 is 23.0 Å². The molecule has 0 heterocycles. The minimum Gasteiger partial charge on any atom is -0.507 e. The molecule has 0 spiro atoms. The Bertz CT molecular complexity index is 569. The van der Waals surface area contributed by atoms with Gasteiger partial charge in [0.25, 0.3) is 0 Å². The van der Waals surface area contributed by atoms with Crippen LogP contribution in [0.25, 0.3) is 10.8 Å². The molecule has 0 aliphatic carbocycles. The fourth-order valence-electron chi connectivity index (χ4n) is 1.69. The van der Waals surface area contributed by atoms with Crippen molar-refractivity contribution in [2.75, 3.05) is 12.4 Å². The molecule has 0 saturated heterocycles. The minimum absolute atomic E-state index is 0.159. The Morgan fingerprint density at radius 2 is 1.74 bits per heavy atom. The lowest BCUT2D eigenvalue weighted by atomic mass is 10.1. The lowest BCUT2D eigenvalue weighted by molar-refractivity contribution is -0.322. The fourth-order valence-corrected chi connectivity index (χ4v) is 2.57. The predicted molar refractivity (Wildman–Crippen MR) is 68.3 cm³/mol. The van der Waals surface area contributed by atoms with Gasteiger partial charge in [-0.25, -0.2) is 0 Å². The second-order valence-electron chi connectivity index (χ2n) is 3.77. The fraction of sp³-hybridized carbons (Fsp3) is 0.231. The Balaban J connectivity index is 2.07. The molecule has 0 aliphatic heterocycles. The first-order chi connectivity index (χ1) is 8.97. The van der Waals surface area contributed by atoms with Crippen molar-refractivity contribution in [3.8, 4) is 5.75 Å². The van der Waals surface area contributed by atoms with E-state index in [1.807, 2.05) is 12.1 Å². The summed E-state index contributed by atoms with van der Waals surface area (Å²) in [4.78, 5) is 0.819. The number of aromatic hydroxyl groups is 1. The molecule has 2 aromatic rings. The van der Waals surface area contributed by atoms with Crippen LogP contribution >= 0.6 is 11.8 Å². The number of ether oxygens (including phenoxy) is 1. The van der Waals surface area contributed by atoms with Gasteiger partial charge in [-0.2, -0.15) is 0 Å². The Hall–Kier alpha value is -1.40. The molecule has 0 aromatic heterocycles. The smallest absolute Gasteiger partial charge is 0.507 e. The van der Waals surface area contributed by atoms with Crippen LogP contribution in [-0.2, 0) is 4.74 Å². The molecule has 0 unspecified atom stereocenters. The van der Waals surface area contributed by atoms with Crippen LogP contribution in [0, 0.1) is 0 Å². The van der Waals surface area contributed by atoms with Crippen molar-refractivity contribution in [2.24, 2.45) is 0 Å². The van der Waals surface area contributed by atoms with E-state index in [0.717, 1.165) is 10.3 Å². The number of rotatable bonds is 4. The van der Waals surface area contributed by atoms with Gasteiger partial charge >= 0.3 is 6.36 Å². The summed E-state index contributed by atoms with van der Waals surface area (Å²) in [5.74, 6) is 0.348. The Kier molecular flexibility index (Phi) is 4.21. The summed E-state index contributed by atoms with van der Waals surface area (Å²) in [7, 11) is 0. The second kappa shape index (κ2) is 5.71. The van der Waals surface area contributed by atoms with Crippen LogP contribution in [0.1, 0.15) is 0 Å². The van der Waals surface area contributed by atoms with E-state index in [-0.39, 0.29) is 11.5 Å². The summed E-state index contributed by atoms with van der Waals surface area (Å²) in [6.07, 6.45) is -4.59. The topological polar surface area (TPSA) is 29.5 Å². The van der Waals surface area contributed by atoms with Crippen molar-refractivity contribution in [1.29, 1.82) is 0 Å². The van der Waals surface area contributed by atoms with Crippen LogP contribution in [0.3, 0.4) is 0 Å². The maximum absolute atomic E-state index is 11.8. The number of hydrogen-bond acceptors (Lipinski definition) is 3. The summed E-state index contributed by atoms with van der Waals surface area (Å²) in [6, 6.07) is 10.4. The van der Waals surface area contributed by atoms with Crippen molar-refractivity contribution in [3.63, 3.8) is 0 Å². The second-order valence-corrected chi connectivity index (χ2v) is 4.91. The maximum Gasteiger partial charge on any atom is 0.522 e. The summed E-state index contributed by atoms with van der Waals surface area (Å²) >= 11 is 1.26. The molecule has 0 saturated carbocycles. The third-order valence-electron chi connectivity index (χ3n) is 2.47. The summed E-state index contributed by atoms with van der Waals surface area (Å²) < 4.78 is 39.2. The zero-order chi connectivity index (χ0) is 13.9. The molecule has 1 N–H and O–H groups in total. The van der Waals surface area contributed by atoms with Gasteiger partial charge < -0.3 is 5.11 Å². The van der Waals surface area contributed by atoms with Crippen molar-refractivity contribution in [2.45, 2.75) is 11.3 Å². The Labute approximate surface area is 112 Å². The quantitative estimate of drug-likeness (QED) is 0.676. The zero-order valence-corrected chi connectivity index (χ0v) is 10.6. The van der Waals surface area contributed by atoms with Crippen LogP contribution < -0.4 is 0 Å². The average molecular weight is 288 g/mol. The van der Waals surface area contributed by atoms with E-state index in [2.05, 4.69) is 4.74 Å². The normalized spacial score (nSPS) is 11.9. The third kappa shape index (κ3) is 3.78. The third-order valence-corrected chi connectivity index (χ3v) is 3.51. The van der Waals surface area contributed by atoms with Gasteiger partial charge in [0.1, 0.15) is 5.75 Å². The van der Waals surface area contributed by atoms with E-state index in [1.165, 1.54) is 17.8 Å². The number of alkyl halides is 3. The van der Waals surface area contributed by atoms with Crippen LogP contribution in [0.5, 0.6) is 5.75 Å². The monoisotopic (exact) mass is 288 g/mol. The number of benzene rings is 2. The van der Waals surface area contributed by atoms with E-state index >= 15 is 0 Å². The SMILES string of the molecule is Oc1ccc(SCCOC(F)(F)F)c2ccccc12. The maximum atomic E-state index is 11.8. The first kappa shape index (κ1) is 14.0. The first-order valence-corrected chi connectivity index (χ1v) is 6.50. The standard InChI is InChI=1S/C13H11F3O2S/c14-13(15,16)18-7-8-19-12-6-5-11(17)9-3-1-2-4-10(9)12/h1-6,17H,7-8H2. The molecule has 0 bridgehead atoms. The van der Waals surface area contributed by atoms with E-state index < -0.39 is 13.0 Å². The van der Waals surface area contributed by atoms with E-state index in [0.29, 0.717) is 5.39 Å². The average Bonchev–Trinajstić information content (AvgIpc) is 2.36. The molecule has 19 heavy (non-hydrogen) atoms. The predicted octanol–water partition coefficient (Wildman–Crippen LogP) is 4.17. The number of thioether (sulfide) groups is 1. The Morgan fingerprint density at radius 3 is 2.42 bits per heavy atom. The number of phenols is 1. The highest BCUT2D eigenvalue weighted by Crippen LogP contribution is 2.33. The highest BCUT2D eigenvalue weighted by atomic mass is 32.2. The molecule has 2 aromatic carbocycles. The van der Waals surface area contributed by atoms with Gasteiger partial charge in [-0.15, -0.1) is 24.9 Å². The molecule has 6 heteroatoms. The number of halogens is 3. The van der Waals surface area contributed by atoms with Crippen LogP contribution in [0.15, 0.2) is 41.3 Å². The van der Waals surface area contributed by atoms with Gasteiger partial charge in [0, 0.05) is 16.0 Å². The molecular weight excluding hydrogens is 277 g/mol. The van der Waals surface area contributed by atoms with Crippen LogP contribution in [0.2, 0.25) is 0 Å². The first-order valence-electron chi connectivity index (χ1n) is 5.51. The van der Waals surface area contributed by atoms with Crippen molar-refractivity contribution in [3.05, 3.63) is 36.4 Å². The summed E-state index contributed by atoms with van der Waals surface area (Å²) in [5.41, 5.74) is 0. The van der Waals surface area contributed by atoms with Crippen molar-refractivity contribution >= 4 is 22.5 Å². The number of hydrogen-bond donors (Lipinski definition) is 1. The lowest BCUT2D eigenvalue weighted by Gasteiger charge is -2.09. The van der Waals surface area contributed by atoms with Crippen LogP contribution in [-0.4, -0.2) is 23.8 Å². The van der Waals surface area contributed by atoms with Crippen molar-refractivity contribution in [1.82, 2.24) is 0 Å². The molecule has 2 rings (SSSR count). The Morgan fingerprint density at radius 1 is 1.05 bits per heavy atom. The van der Waals surface area contributed by atoms with Crippen LogP contribution in [0.4, 0.5) is 13.2 Å². The van der Waals surface area contributed by atoms with Gasteiger partial charge in [-0.05, 0) is 17.5 Å². The molecule has 0 radical (unpaired) electrons. The zero-order valence-electron chi connectivity index (χ0n) is 9.78. The summed E-state index contributed by atoms with van der Waals surface area (Å²) in [5, 5.41) is 11.2. The largest absolute Gasteiger partial charge is 0.522 e. The van der Waals surface area contributed by atoms with E-state index in [4.69, 9.17) is 0 Å². The lowest BCUT2D eigenvalue weighted by Crippen LogP contribution is -2.15. The van der Waals surface area contributed by atoms with Gasteiger partial charge in [-0.3, -0.25) is 4.74 Å². The van der Waals surface area contributed by atoms with E-state index in [9.17, 15) is 18.3 Å². The highest BCUT2D eigenvalue weighted by molar-refractivity contribution is 7.99. The number of fused-ring (bicyclic) bond motifs is 1. The molecule has 0 fully saturated rings. The van der Waals surface area contributed by atoms with Gasteiger partial charge in [-0.1, -0.05) is 24.3 Å². The molecule has 102 valence electrons. The minimum atomic E-state index is -4.59. The van der Waals surface area contributed by atoms with Gasteiger partial charge in [0.05, 0.1) is 6.61 Å². The molecule has 0 amide bonds. The molecule has 0 atom stereocenters. The molecule has 0 aliphatic rings.